The molecule has 14 heteroatoms. The minimum Gasteiger partial charge on any atom is -0.478 e. The van der Waals surface area contributed by atoms with E-state index < -0.39 is 61.6 Å². The molecule has 0 radical (unpaired) electrons. The highest BCUT2D eigenvalue weighted by Crippen LogP contribution is 2.41. The molecule has 0 bridgehead atoms. The number of thioether (sulfide) groups is 1. The molecule has 1 saturated heterocycles. The summed E-state index contributed by atoms with van der Waals surface area (Å²) in [6.45, 7) is 5.87. The quantitative estimate of drug-likeness (QED) is 0.0577. The first-order chi connectivity index (χ1) is 19.1. The highest BCUT2D eigenvalue weighted by molar-refractivity contribution is 8.16. The molecule has 41 heavy (non-hydrogen) atoms. The summed E-state index contributed by atoms with van der Waals surface area (Å²) >= 11 is 6.92. The molecule has 2 N–H and O–H groups in total. The summed E-state index contributed by atoms with van der Waals surface area (Å²) in [4.78, 5) is 62.3. The number of carboxylic acid groups (broad SMARTS) is 1. The van der Waals surface area contributed by atoms with Gasteiger partial charge in [-0.15, -0.1) is 0 Å². The van der Waals surface area contributed by atoms with Gasteiger partial charge in [-0.2, -0.15) is 0 Å². The lowest BCUT2D eigenvalue weighted by atomic mass is 9.92. The molecule has 0 aromatic heterocycles. The third-order valence-electron chi connectivity index (χ3n) is 5.82. The van der Waals surface area contributed by atoms with Crippen molar-refractivity contribution in [1.29, 1.82) is 0 Å². The smallest absolute Gasteiger partial charge is 0.359 e. The number of aromatic carboxylic acids is 1. The lowest BCUT2D eigenvalue weighted by molar-refractivity contribution is -0.384. The average Bonchev–Trinajstić information content (AvgIpc) is 2.89. The van der Waals surface area contributed by atoms with Gasteiger partial charge >= 0.3 is 11.9 Å². The van der Waals surface area contributed by atoms with Crippen LogP contribution in [-0.2, 0) is 25.7 Å². The Morgan fingerprint density at radius 2 is 1.80 bits per heavy atom. The van der Waals surface area contributed by atoms with Crippen LogP contribution in [0.25, 0.3) is 0 Å². The second kappa shape index (κ2) is 12.7. The molecule has 3 rings (SSSR count). The number of alkyl halides is 1. The number of carbonyl (C=O) groups is 4. The van der Waals surface area contributed by atoms with Crippen LogP contribution in [0, 0.1) is 21.4 Å². The average molecular weight is 607 g/mol. The zero-order chi connectivity index (χ0) is 30.6. The summed E-state index contributed by atoms with van der Waals surface area (Å²) in [5.41, 5.74) is -2.59. The Balaban J connectivity index is 2.08. The number of benzene rings is 2. The number of ether oxygens (including phenoxy) is 2. The Kier molecular flexibility index (Phi) is 9.79. The van der Waals surface area contributed by atoms with E-state index in [1.807, 2.05) is 0 Å². The molecule has 1 heterocycles. The van der Waals surface area contributed by atoms with E-state index in [4.69, 9.17) is 21.1 Å². The molecule has 2 aromatic carbocycles. The number of likely N-dealkylation sites (tertiary alicyclic amines) is 1. The maximum Gasteiger partial charge on any atom is 0.359 e. The van der Waals surface area contributed by atoms with Gasteiger partial charge in [0.05, 0.1) is 22.5 Å². The number of aliphatic hydroxyl groups excluding tert-OH is 1. The zero-order valence-electron chi connectivity index (χ0n) is 22.4. The summed E-state index contributed by atoms with van der Waals surface area (Å²) in [5.74, 6) is -4.22. The number of non-ortho nitro benzene ring substituents is 1. The van der Waals surface area contributed by atoms with E-state index in [0.717, 1.165) is 4.90 Å². The minimum atomic E-state index is -1.25. The number of rotatable bonds is 10. The molecule has 1 fully saturated rings. The van der Waals surface area contributed by atoms with Gasteiger partial charge in [-0.05, 0) is 54.6 Å². The Morgan fingerprint density at radius 1 is 1.17 bits per heavy atom. The van der Waals surface area contributed by atoms with Crippen LogP contribution in [0.2, 0.25) is 0 Å². The number of nitro benzene ring substituents is 1. The molecular weight excluding hydrogens is 580 g/mol. The van der Waals surface area contributed by atoms with Gasteiger partial charge in [0.2, 0.25) is 11.0 Å². The number of β-lactam (4-membered cyclic amide) rings is 1. The Hall–Kier alpha value is -3.94. The monoisotopic (exact) mass is 606 g/mol. The van der Waals surface area contributed by atoms with Crippen molar-refractivity contribution in [2.75, 3.05) is 0 Å². The van der Waals surface area contributed by atoms with Gasteiger partial charge in [-0.3, -0.25) is 24.6 Å². The van der Waals surface area contributed by atoms with Crippen molar-refractivity contribution in [2.24, 2.45) is 11.3 Å². The first-order valence-corrected chi connectivity index (χ1v) is 13.4. The number of halogens is 1. The number of nitrogens with zero attached hydrogens (tertiary/aromatic N) is 2. The molecule has 0 spiro atoms. The van der Waals surface area contributed by atoms with E-state index in [2.05, 4.69) is 0 Å². The van der Waals surface area contributed by atoms with Gasteiger partial charge in [0.15, 0.2) is 10.8 Å². The molecule has 0 saturated carbocycles. The first-order valence-electron chi connectivity index (χ1n) is 12.1. The van der Waals surface area contributed by atoms with Crippen molar-refractivity contribution >= 4 is 52.0 Å². The molecule has 12 nitrogen and oxygen atoms in total. The van der Waals surface area contributed by atoms with Crippen molar-refractivity contribution in [3.8, 4) is 5.75 Å². The predicted molar refractivity (Wildman–Crippen MR) is 148 cm³/mol. The summed E-state index contributed by atoms with van der Waals surface area (Å²) in [7, 11) is 0. The van der Waals surface area contributed by atoms with Crippen LogP contribution >= 0.6 is 23.4 Å². The highest BCUT2D eigenvalue weighted by Gasteiger charge is 2.53. The van der Waals surface area contributed by atoms with Crippen LogP contribution in [-0.4, -0.2) is 54.6 Å². The normalized spacial score (nSPS) is 18.1. The van der Waals surface area contributed by atoms with Gasteiger partial charge in [0.1, 0.15) is 17.9 Å². The third kappa shape index (κ3) is 7.43. The molecule has 3 atom stereocenters. The van der Waals surface area contributed by atoms with Crippen LogP contribution in [0.15, 0.2) is 59.3 Å². The number of carboxylic acids is 1. The van der Waals surface area contributed by atoms with E-state index in [9.17, 15) is 39.5 Å². The molecule has 0 aliphatic carbocycles. The van der Waals surface area contributed by atoms with E-state index in [1.165, 1.54) is 55.5 Å². The van der Waals surface area contributed by atoms with Gasteiger partial charge in [-0.1, -0.05) is 38.4 Å². The number of nitro groups is 1. The van der Waals surface area contributed by atoms with Gasteiger partial charge < -0.3 is 19.7 Å². The number of amides is 1. The maximum absolute atomic E-state index is 13.5. The number of esters is 1. The lowest BCUT2D eigenvalue weighted by Gasteiger charge is -2.45. The van der Waals surface area contributed by atoms with Gasteiger partial charge in [0, 0.05) is 17.5 Å². The predicted octanol–water partition coefficient (Wildman–Crippen LogP) is 4.29. The van der Waals surface area contributed by atoms with Crippen molar-refractivity contribution in [3.63, 3.8) is 0 Å². The summed E-state index contributed by atoms with van der Waals surface area (Å²) < 4.78 is 11.3. The second-order valence-corrected chi connectivity index (χ2v) is 11.5. The molecule has 0 unspecified atom stereocenters. The summed E-state index contributed by atoms with van der Waals surface area (Å²) in [5, 5.41) is 29.5. The van der Waals surface area contributed by atoms with Crippen LogP contribution < -0.4 is 4.74 Å². The van der Waals surface area contributed by atoms with Crippen molar-refractivity contribution in [3.05, 3.63) is 80.6 Å². The second-order valence-electron chi connectivity index (χ2n) is 10.1. The fourth-order valence-corrected chi connectivity index (χ4v) is 4.92. The first kappa shape index (κ1) is 31.6. The molecule has 2 aromatic rings. The molecule has 1 amide bonds. The zero-order valence-corrected chi connectivity index (χ0v) is 24.0. The van der Waals surface area contributed by atoms with E-state index in [0.29, 0.717) is 17.3 Å². The molecule has 1 aliphatic rings. The maximum atomic E-state index is 13.5. The Morgan fingerprint density at radius 3 is 2.32 bits per heavy atom. The Labute approximate surface area is 244 Å². The molecule has 218 valence electrons. The van der Waals surface area contributed by atoms with Crippen molar-refractivity contribution in [1.82, 2.24) is 4.90 Å². The van der Waals surface area contributed by atoms with Gasteiger partial charge in [0.25, 0.3) is 5.69 Å². The lowest BCUT2D eigenvalue weighted by Crippen LogP contribution is -2.62. The third-order valence-corrected chi connectivity index (χ3v) is 7.55. The van der Waals surface area contributed by atoms with Gasteiger partial charge in [-0.25, -0.2) is 9.59 Å². The topological polar surface area (TPSA) is 174 Å². The fraction of sp³-hybridized carbons (Fsp3) is 0.333. The number of hydrogen-bond acceptors (Lipinski definition) is 10. The Bertz CT molecular complexity index is 1400. The summed E-state index contributed by atoms with van der Waals surface area (Å²) in [6.07, 6.45) is -1.15. The van der Waals surface area contributed by atoms with E-state index in [1.54, 1.807) is 20.8 Å². The number of hydrogen-bond donors (Lipinski definition) is 2. The SMILES string of the molecule is C[C@@H](O)[C@H]1C(=O)N(C(C(=O)OCc2ccc([N+](=O)[O-])cc2)=C(Oc2cccc(C(=O)O)c2)SC(=O)C(C)(C)C)[C@H]1Cl. The van der Waals surface area contributed by atoms with E-state index in [-0.39, 0.29) is 23.6 Å². The van der Waals surface area contributed by atoms with Crippen molar-refractivity contribution in [2.45, 2.75) is 45.9 Å². The fourth-order valence-electron chi connectivity index (χ4n) is 3.51. The van der Waals surface area contributed by atoms with Crippen LogP contribution in [0.1, 0.15) is 43.6 Å². The van der Waals surface area contributed by atoms with E-state index >= 15 is 0 Å². The van der Waals surface area contributed by atoms with Crippen LogP contribution in [0.5, 0.6) is 5.75 Å². The van der Waals surface area contributed by atoms with Crippen LogP contribution in [0.4, 0.5) is 5.69 Å². The highest BCUT2D eigenvalue weighted by atomic mass is 35.5. The number of carbonyl (C=O) groups excluding carboxylic acids is 3. The summed E-state index contributed by atoms with van der Waals surface area (Å²) in [6, 6.07) is 10.5. The largest absolute Gasteiger partial charge is 0.478 e. The molecular formula is C27H27ClN2O10S. The minimum absolute atomic E-state index is 0.0547. The van der Waals surface area contributed by atoms with Crippen molar-refractivity contribution < 1.29 is 43.8 Å². The standard InChI is InChI=1S/C27H27ClN2O10S/c1-14(31)19-21(28)29(22(19)32)20(24(35)39-13-15-8-10-17(11-9-15)30(37)38)25(41-26(36)27(2,3)4)40-18-7-5-6-16(12-18)23(33)34/h5-12,14,19,21,31H,13H2,1-4H3,(H,33,34)/t14-,19-,21-/m1/s1. The molecule has 1 aliphatic heterocycles. The number of aliphatic hydroxyl groups is 1. The van der Waals surface area contributed by atoms with Crippen LogP contribution in [0.3, 0.4) is 0 Å².